The predicted molar refractivity (Wildman–Crippen MR) is 63.8 cm³/mol. The molecule has 4 nitrogen and oxygen atoms in total. The van der Waals surface area contributed by atoms with E-state index >= 15 is 0 Å². The van der Waals surface area contributed by atoms with Gasteiger partial charge < -0.3 is 0 Å². The average molecular weight is 310 g/mol. The highest BCUT2D eigenvalue weighted by Crippen LogP contribution is 2.62. The van der Waals surface area contributed by atoms with Crippen molar-refractivity contribution in [2.75, 3.05) is 0 Å². The number of nitro groups is 1. The Morgan fingerprint density at radius 3 is 2.31 bits per heavy atom. The third kappa shape index (κ3) is 1.47. The predicted octanol–water partition coefficient (Wildman–Crippen LogP) is 3.12. The minimum atomic E-state index is -0.453. The summed E-state index contributed by atoms with van der Waals surface area (Å²) in [5.74, 6) is 1.23. The summed E-state index contributed by atoms with van der Waals surface area (Å²) in [7, 11) is 0. The SMILES string of the molecule is O=[N+]([O-])N(Cl)C12C[C@@H]3C[C@@H](CC(Br)(C3)C1)C2. The van der Waals surface area contributed by atoms with Crippen LogP contribution < -0.4 is 0 Å². The van der Waals surface area contributed by atoms with E-state index in [1.165, 1.54) is 6.42 Å². The van der Waals surface area contributed by atoms with E-state index in [-0.39, 0.29) is 4.32 Å². The largest absolute Gasteiger partial charge is 0.234 e. The van der Waals surface area contributed by atoms with Crippen molar-refractivity contribution in [3.8, 4) is 0 Å². The lowest BCUT2D eigenvalue weighted by Crippen LogP contribution is -2.62. The van der Waals surface area contributed by atoms with Crippen LogP contribution in [0.1, 0.15) is 38.5 Å². The molecule has 2 unspecified atom stereocenters. The smallest absolute Gasteiger partial charge is 0.177 e. The monoisotopic (exact) mass is 308 g/mol. The van der Waals surface area contributed by atoms with Gasteiger partial charge in [-0.2, -0.15) is 0 Å². The lowest BCUT2D eigenvalue weighted by molar-refractivity contribution is -0.644. The molecule has 4 rings (SSSR count). The molecule has 4 aliphatic rings. The van der Waals surface area contributed by atoms with Crippen LogP contribution in [0, 0.1) is 22.0 Å². The maximum atomic E-state index is 10.9. The summed E-state index contributed by atoms with van der Waals surface area (Å²) in [5, 5.41) is 10.5. The van der Waals surface area contributed by atoms with Crippen molar-refractivity contribution in [1.29, 1.82) is 0 Å². The molecule has 0 aliphatic heterocycles. The Bertz CT molecular complexity index is 338. The first kappa shape index (κ1) is 11.1. The summed E-state index contributed by atoms with van der Waals surface area (Å²) in [6, 6.07) is 0. The molecule has 4 atom stereocenters. The number of rotatable bonds is 2. The van der Waals surface area contributed by atoms with Crippen LogP contribution in [0.3, 0.4) is 0 Å². The van der Waals surface area contributed by atoms with Gasteiger partial charge in [0.1, 0.15) is 5.54 Å². The van der Waals surface area contributed by atoms with E-state index in [0.717, 1.165) is 36.6 Å². The van der Waals surface area contributed by atoms with E-state index in [9.17, 15) is 10.1 Å². The second-order valence-electron chi connectivity index (χ2n) is 5.83. The zero-order valence-electron chi connectivity index (χ0n) is 8.86. The molecule has 0 spiro atoms. The Balaban J connectivity index is 1.94. The van der Waals surface area contributed by atoms with Gasteiger partial charge in [0.25, 0.3) is 0 Å². The molecule has 0 N–H and O–H groups in total. The zero-order chi connectivity index (χ0) is 11.6. The third-order valence-corrected chi connectivity index (χ3v) is 5.90. The Kier molecular flexibility index (Phi) is 2.25. The molecule has 90 valence electrons. The number of hydrogen-bond donors (Lipinski definition) is 0. The minimum absolute atomic E-state index is 0.111. The van der Waals surface area contributed by atoms with Crippen molar-refractivity contribution >= 4 is 27.7 Å². The highest BCUT2D eigenvalue weighted by Gasteiger charge is 2.62. The first-order valence-corrected chi connectivity index (χ1v) is 6.85. The van der Waals surface area contributed by atoms with Crippen molar-refractivity contribution in [3.05, 3.63) is 10.1 Å². The molecular weight excluding hydrogens is 295 g/mol. The summed E-state index contributed by atoms with van der Waals surface area (Å²) in [6.45, 7) is 0. The van der Waals surface area contributed by atoms with Gasteiger partial charge in [0.2, 0.25) is 0 Å². The highest BCUT2D eigenvalue weighted by molar-refractivity contribution is 9.10. The van der Waals surface area contributed by atoms with Gasteiger partial charge in [-0.15, -0.1) is 0 Å². The van der Waals surface area contributed by atoms with Crippen LogP contribution in [0.5, 0.6) is 0 Å². The third-order valence-electron chi connectivity index (χ3n) is 4.49. The van der Waals surface area contributed by atoms with Crippen LogP contribution >= 0.6 is 27.7 Å². The van der Waals surface area contributed by atoms with Gasteiger partial charge in [-0.25, -0.2) is 10.1 Å². The molecule has 0 saturated heterocycles. The normalized spacial score (nSPS) is 49.4. The molecule has 0 aromatic carbocycles. The summed E-state index contributed by atoms with van der Waals surface area (Å²) in [6.07, 6.45) is 6.15. The molecule has 4 aliphatic carbocycles. The standard InChI is InChI=1S/C10H14BrClN2O2/c11-9-2-7-1-8(3-9)5-10(4-7,6-9)13(12)14(15)16/h7-8H,1-6H2/t7-,8+,9?,10?. The van der Waals surface area contributed by atoms with Crippen LogP contribution in [0.15, 0.2) is 0 Å². The van der Waals surface area contributed by atoms with Gasteiger partial charge in [0.05, 0.1) is 11.8 Å². The molecule has 4 saturated carbocycles. The molecule has 0 heterocycles. The molecule has 0 radical (unpaired) electrons. The Morgan fingerprint density at radius 2 is 1.88 bits per heavy atom. The van der Waals surface area contributed by atoms with Crippen molar-refractivity contribution in [3.63, 3.8) is 0 Å². The van der Waals surface area contributed by atoms with Gasteiger partial charge >= 0.3 is 0 Å². The summed E-state index contributed by atoms with van der Waals surface area (Å²) < 4.78 is 0.987. The molecule has 0 aromatic rings. The second kappa shape index (κ2) is 3.25. The lowest BCUT2D eigenvalue weighted by Gasteiger charge is -2.59. The Hall–Kier alpha value is -0.0300. The highest BCUT2D eigenvalue weighted by atomic mass is 79.9. The van der Waals surface area contributed by atoms with Crippen LogP contribution in [-0.4, -0.2) is 19.4 Å². The molecule has 16 heavy (non-hydrogen) atoms. The molecule has 0 amide bonds. The van der Waals surface area contributed by atoms with Gasteiger partial charge in [-0.05, 0) is 54.9 Å². The van der Waals surface area contributed by atoms with E-state index in [1.54, 1.807) is 0 Å². The van der Waals surface area contributed by atoms with E-state index < -0.39 is 10.6 Å². The van der Waals surface area contributed by atoms with Crippen LogP contribution in [0.4, 0.5) is 0 Å². The van der Waals surface area contributed by atoms with Crippen molar-refractivity contribution in [2.45, 2.75) is 48.4 Å². The number of hydrazine groups is 1. The Morgan fingerprint density at radius 1 is 1.31 bits per heavy atom. The van der Waals surface area contributed by atoms with Gasteiger partial charge in [-0.1, -0.05) is 15.9 Å². The molecular formula is C10H14BrClN2O2. The summed E-state index contributed by atoms with van der Waals surface area (Å²) in [4.78, 5) is 10.9. The van der Waals surface area contributed by atoms with Crippen molar-refractivity contribution in [1.82, 2.24) is 4.53 Å². The lowest BCUT2D eigenvalue weighted by atomic mass is 9.53. The van der Waals surface area contributed by atoms with E-state index in [1.807, 2.05) is 0 Å². The fourth-order valence-corrected chi connectivity index (χ4v) is 6.13. The summed E-state index contributed by atoms with van der Waals surface area (Å²) in [5.41, 5.74) is -0.404. The maximum absolute atomic E-state index is 10.9. The first-order chi connectivity index (χ1) is 7.42. The molecule has 4 bridgehead atoms. The van der Waals surface area contributed by atoms with E-state index in [0.29, 0.717) is 11.8 Å². The minimum Gasteiger partial charge on any atom is -0.234 e. The quantitative estimate of drug-likeness (QED) is 0.341. The zero-order valence-corrected chi connectivity index (χ0v) is 11.2. The van der Waals surface area contributed by atoms with Crippen molar-refractivity contribution in [2.24, 2.45) is 11.8 Å². The number of nitrogens with zero attached hydrogens (tertiary/aromatic N) is 2. The number of alkyl halides is 1. The second-order valence-corrected chi connectivity index (χ2v) is 7.84. The van der Waals surface area contributed by atoms with Crippen LogP contribution in [0.25, 0.3) is 0 Å². The van der Waals surface area contributed by atoms with Gasteiger partial charge in [0, 0.05) is 4.32 Å². The maximum Gasteiger partial charge on any atom is 0.177 e. The molecule has 0 aromatic heterocycles. The van der Waals surface area contributed by atoms with Gasteiger partial charge in [0.15, 0.2) is 5.03 Å². The number of halogens is 2. The first-order valence-electron chi connectivity index (χ1n) is 5.72. The molecule has 6 heteroatoms. The Labute approximate surface area is 108 Å². The van der Waals surface area contributed by atoms with E-state index in [2.05, 4.69) is 15.9 Å². The summed E-state index contributed by atoms with van der Waals surface area (Å²) >= 11 is 9.71. The van der Waals surface area contributed by atoms with Crippen LogP contribution in [-0.2, 0) is 0 Å². The topological polar surface area (TPSA) is 46.4 Å². The fraction of sp³-hybridized carbons (Fsp3) is 1.00. The van der Waals surface area contributed by atoms with Gasteiger partial charge in [-0.3, -0.25) is 0 Å². The fourth-order valence-electron chi connectivity index (χ4n) is 4.49. The number of hydrogen-bond acceptors (Lipinski definition) is 2. The average Bonchev–Trinajstić information content (AvgIpc) is 2.12. The van der Waals surface area contributed by atoms with Crippen molar-refractivity contribution < 1.29 is 5.03 Å². The molecule has 4 fully saturated rings. The van der Waals surface area contributed by atoms with Crippen LogP contribution in [0.2, 0.25) is 0 Å². The van der Waals surface area contributed by atoms with E-state index in [4.69, 9.17) is 11.8 Å².